The minimum atomic E-state index is -0.449. The molecule has 1 aliphatic heterocycles. The van der Waals surface area contributed by atoms with Crippen molar-refractivity contribution in [1.82, 2.24) is 0 Å². The third-order valence-electron chi connectivity index (χ3n) is 2.42. The van der Waals surface area contributed by atoms with Crippen molar-refractivity contribution in [3.63, 3.8) is 0 Å². The summed E-state index contributed by atoms with van der Waals surface area (Å²) in [5, 5.41) is 8.70. The van der Waals surface area contributed by atoms with E-state index in [1.54, 1.807) is 0 Å². The molecule has 0 bridgehead atoms. The Morgan fingerprint density at radius 1 is 1.36 bits per heavy atom. The smallest absolute Gasteiger partial charge is 0.170 e. The number of carbonyl (C=O) groups excluding carboxylic acids is 1. The van der Waals surface area contributed by atoms with Gasteiger partial charge in [0.2, 0.25) is 0 Å². The molecule has 0 N–H and O–H groups in total. The Hall–Kier alpha value is -1.82. The van der Waals surface area contributed by atoms with Gasteiger partial charge in [-0.05, 0) is 12.1 Å². The number of carbonyl (C=O) groups is 1. The zero-order valence-electron chi connectivity index (χ0n) is 7.68. The molecule has 0 aromatic heterocycles. The summed E-state index contributed by atoms with van der Waals surface area (Å²) in [4.78, 5) is 13.3. The van der Waals surface area contributed by atoms with Crippen LogP contribution in [0.2, 0.25) is 0 Å². The molecular weight excluding hydrogens is 176 g/mol. The van der Waals surface area contributed by atoms with Gasteiger partial charge in [-0.25, -0.2) is 0 Å². The Bertz CT molecular complexity index is 380. The minimum absolute atomic E-state index is 0.0244. The molecule has 0 saturated carbocycles. The average molecular weight is 186 g/mol. The van der Waals surface area contributed by atoms with Gasteiger partial charge in [0.15, 0.2) is 5.78 Å². The molecule has 0 aliphatic carbocycles. The largest absolute Gasteiger partial charge is 0.362 e. The molecule has 1 aromatic rings. The quantitative estimate of drug-likeness (QED) is 0.662. The van der Waals surface area contributed by atoms with E-state index < -0.39 is 5.92 Å². The highest BCUT2D eigenvalue weighted by molar-refractivity contribution is 5.91. The van der Waals surface area contributed by atoms with E-state index in [1.165, 1.54) is 0 Å². The Morgan fingerprint density at radius 2 is 2.07 bits per heavy atom. The van der Waals surface area contributed by atoms with Gasteiger partial charge in [0.05, 0.1) is 12.6 Å². The topological polar surface area (TPSA) is 44.1 Å². The van der Waals surface area contributed by atoms with Crippen LogP contribution in [-0.4, -0.2) is 18.9 Å². The van der Waals surface area contributed by atoms with Crippen LogP contribution in [0.4, 0.5) is 5.69 Å². The van der Waals surface area contributed by atoms with E-state index >= 15 is 0 Å². The molecule has 2 rings (SSSR count). The van der Waals surface area contributed by atoms with Crippen molar-refractivity contribution in [1.29, 1.82) is 5.26 Å². The van der Waals surface area contributed by atoms with Crippen LogP contribution >= 0.6 is 0 Å². The molecule has 3 nitrogen and oxygen atoms in total. The van der Waals surface area contributed by atoms with Crippen LogP contribution in [0.1, 0.15) is 0 Å². The molecule has 0 amide bonds. The van der Waals surface area contributed by atoms with Crippen molar-refractivity contribution in [3.05, 3.63) is 30.3 Å². The second-order valence-corrected chi connectivity index (χ2v) is 3.36. The molecule has 0 radical (unpaired) electrons. The minimum Gasteiger partial charge on any atom is -0.362 e. The number of ketones is 1. The predicted molar refractivity (Wildman–Crippen MR) is 52.8 cm³/mol. The number of anilines is 1. The summed E-state index contributed by atoms with van der Waals surface area (Å²) in [6, 6.07) is 11.7. The fourth-order valence-corrected chi connectivity index (χ4v) is 1.63. The van der Waals surface area contributed by atoms with Gasteiger partial charge in [0, 0.05) is 12.2 Å². The van der Waals surface area contributed by atoms with Crippen LogP contribution in [0.15, 0.2) is 30.3 Å². The molecule has 1 aliphatic rings. The van der Waals surface area contributed by atoms with E-state index in [1.807, 2.05) is 41.3 Å². The van der Waals surface area contributed by atoms with Gasteiger partial charge in [-0.3, -0.25) is 4.79 Å². The van der Waals surface area contributed by atoms with Gasteiger partial charge in [-0.2, -0.15) is 5.26 Å². The Labute approximate surface area is 82.6 Å². The molecule has 14 heavy (non-hydrogen) atoms. The van der Waals surface area contributed by atoms with Crippen molar-refractivity contribution < 1.29 is 4.79 Å². The third-order valence-corrected chi connectivity index (χ3v) is 2.42. The highest BCUT2D eigenvalue weighted by Gasteiger charge is 2.30. The lowest BCUT2D eigenvalue weighted by Crippen LogP contribution is -2.19. The van der Waals surface area contributed by atoms with Gasteiger partial charge < -0.3 is 4.90 Å². The number of Topliss-reactive ketones (excluding diaryl/α,β-unsaturated/α-hetero) is 1. The number of para-hydroxylation sites is 1. The van der Waals surface area contributed by atoms with E-state index in [9.17, 15) is 4.79 Å². The lowest BCUT2D eigenvalue weighted by molar-refractivity contribution is -0.118. The van der Waals surface area contributed by atoms with E-state index in [4.69, 9.17) is 5.26 Å². The van der Waals surface area contributed by atoms with Crippen molar-refractivity contribution in [2.24, 2.45) is 5.92 Å². The zero-order chi connectivity index (χ0) is 9.97. The zero-order valence-corrected chi connectivity index (χ0v) is 7.68. The predicted octanol–water partition coefficient (Wildman–Crippen LogP) is 1.22. The molecule has 3 heteroatoms. The van der Waals surface area contributed by atoms with Crippen molar-refractivity contribution >= 4 is 11.5 Å². The van der Waals surface area contributed by atoms with Crippen LogP contribution < -0.4 is 4.90 Å². The first-order valence-corrected chi connectivity index (χ1v) is 4.53. The fraction of sp³-hybridized carbons (Fsp3) is 0.273. The molecule has 1 fully saturated rings. The lowest BCUT2D eigenvalue weighted by atomic mass is 10.1. The maximum Gasteiger partial charge on any atom is 0.170 e. The molecule has 1 heterocycles. The van der Waals surface area contributed by atoms with Crippen LogP contribution in [-0.2, 0) is 4.79 Å². The van der Waals surface area contributed by atoms with Crippen LogP contribution in [0.5, 0.6) is 0 Å². The van der Waals surface area contributed by atoms with Crippen molar-refractivity contribution in [3.8, 4) is 6.07 Å². The number of rotatable bonds is 1. The normalized spacial score (nSPS) is 20.9. The number of nitrogens with zero attached hydrogens (tertiary/aromatic N) is 2. The number of hydrogen-bond acceptors (Lipinski definition) is 3. The van der Waals surface area contributed by atoms with Crippen LogP contribution in [0, 0.1) is 17.2 Å². The van der Waals surface area contributed by atoms with E-state index in [0.29, 0.717) is 13.1 Å². The summed E-state index contributed by atoms with van der Waals surface area (Å²) in [6.45, 7) is 0.890. The summed E-state index contributed by atoms with van der Waals surface area (Å²) in [7, 11) is 0. The molecule has 0 spiro atoms. The van der Waals surface area contributed by atoms with Crippen LogP contribution in [0.25, 0.3) is 0 Å². The van der Waals surface area contributed by atoms with Crippen LogP contribution in [0.3, 0.4) is 0 Å². The second kappa shape index (κ2) is 3.51. The van der Waals surface area contributed by atoms with Gasteiger partial charge in [-0.1, -0.05) is 18.2 Å². The number of benzene rings is 1. The fourth-order valence-electron chi connectivity index (χ4n) is 1.63. The molecule has 1 atom stereocenters. The molecule has 1 saturated heterocycles. The first kappa shape index (κ1) is 8.76. The summed E-state index contributed by atoms with van der Waals surface area (Å²) in [6.07, 6.45) is 0. The Morgan fingerprint density at radius 3 is 2.64 bits per heavy atom. The van der Waals surface area contributed by atoms with E-state index in [-0.39, 0.29) is 5.78 Å². The molecule has 1 unspecified atom stereocenters. The van der Waals surface area contributed by atoms with Crippen molar-refractivity contribution in [2.75, 3.05) is 18.0 Å². The first-order chi connectivity index (χ1) is 6.81. The highest BCUT2D eigenvalue weighted by atomic mass is 16.1. The van der Waals surface area contributed by atoms with Gasteiger partial charge in [0.1, 0.15) is 5.92 Å². The van der Waals surface area contributed by atoms with Gasteiger partial charge in [0.25, 0.3) is 0 Å². The van der Waals surface area contributed by atoms with E-state index in [2.05, 4.69) is 0 Å². The maximum absolute atomic E-state index is 11.3. The van der Waals surface area contributed by atoms with Gasteiger partial charge >= 0.3 is 0 Å². The van der Waals surface area contributed by atoms with E-state index in [0.717, 1.165) is 5.69 Å². The molecule has 70 valence electrons. The molecular formula is C11H10N2O. The Balaban J connectivity index is 2.18. The second-order valence-electron chi connectivity index (χ2n) is 3.36. The number of hydrogen-bond donors (Lipinski definition) is 0. The first-order valence-electron chi connectivity index (χ1n) is 4.53. The average Bonchev–Trinajstić information content (AvgIpc) is 2.61. The van der Waals surface area contributed by atoms with Gasteiger partial charge in [-0.15, -0.1) is 0 Å². The summed E-state index contributed by atoms with van der Waals surface area (Å²) < 4.78 is 0. The third kappa shape index (κ3) is 1.47. The summed E-state index contributed by atoms with van der Waals surface area (Å²) in [5.74, 6) is -0.424. The Kier molecular flexibility index (Phi) is 2.19. The summed E-state index contributed by atoms with van der Waals surface area (Å²) in [5.41, 5.74) is 1.01. The SMILES string of the molecule is N#CC1CN(c2ccccc2)CC1=O. The summed E-state index contributed by atoms with van der Waals surface area (Å²) >= 11 is 0. The van der Waals surface area contributed by atoms with Crippen molar-refractivity contribution in [2.45, 2.75) is 0 Å². The maximum atomic E-state index is 11.3. The number of nitriles is 1. The monoisotopic (exact) mass is 186 g/mol. The lowest BCUT2D eigenvalue weighted by Gasteiger charge is -2.15. The highest BCUT2D eigenvalue weighted by Crippen LogP contribution is 2.20. The standard InChI is InChI=1S/C11H10N2O/c12-6-9-7-13(8-11(9)14)10-4-2-1-3-5-10/h1-5,9H,7-8H2. The molecule has 1 aromatic carbocycles.